The molecule has 1 atom stereocenters. The Bertz CT molecular complexity index is 171. The normalized spacial score (nSPS) is 18.0. The van der Waals surface area contributed by atoms with Crippen molar-refractivity contribution in [2.24, 2.45) is 5.92 Å². The van der Waals surface area contributed by atoms with Crippen LogP contribution in [0.15, 0.2) is 0 Å². The molecule has 0 radical (unpaired) electrons. The Hall–Kier alpha value is -0.120. The quantitative estimate of drug-likeness (QED) is 0.616. The van der Waals surface area contributed by atoms with Gasteiger partial charge in [0, 0.05) is 26.2 Å². The van der Waals surface area contributed by atoms with E-state index in [1.165, 1.54) is 25.8 Å². The second-order valence-corrected chi connectivity index (χ2v) is 4.90. The van der Waals surface area contributed by atoms with E-state index in [0.717, 1.165) is 32.2 Å². The van der Waals surface area contributed by atoms with Crippen LogP contribution in [0.2, 0.25) is 0 Å². The summed E-state index contributed by atoms with van der Waals surface area (Å²) in [5.74, 6) is 0.981. The Kier molecular flexibility index (Phi) is 7.01. The highest BCUT2D eigenvalue weighted by molar-refractivity contribution is 4.79. The maximum Gasteiger partial charge on any atom is 0.0628 e. The van der Waals surface area contributed by atoms with Crippen molar-refractivity contribution in [2.75, 3.05) is 39.9 Å². The van der Waals surface area contributed by atoms with Crippen LogP contribution in [0.1, 0.15) is 33.1 Å². The van der Waals surface area contributed by atoms with Crippen LogP contribution in [0.5, 0.6) is 0 Å². The van der Waals surface area contributed by atoms with E-state index in [-0.39, 0.29) is 0 Å². The fraction of sp³-hybridized carbons (Fsp3) is 1.00. The number of rotatable bonds is 10. The van der Waals surface area contributed by atoms with Crippen molar-refractivity contribution >= 4 is 0 Å². The number of hydrogen-bond acceptors (Lipinski definition) is 3. The Morgan fingerprint density at radius 2 is 2.12 bits per heavy atom. The monoisotopic (exact) mass is 228 g/mol. The lowest BCUT2D eigenvalue weighted by molar-refractivity contribution is 0.138. The van der Waals surface area contributed by atoms with Crippen LogP contribution in [0.4, 0.5) is 0 Å². The summed E-state index contributed by atoms with van der Waals surface area (Å²) >= 11 is 0. The standard InChI is InChI=1S/C13H28N2O/c1-4-8-14-13(11-16-3)10-15(5-2)9-12-6-7-12/h12-14H,4-11H2,1-3H3. The van der Waals surface area contributed by atoms with E-state index in [1.54, 1.807) is 7.11 Å². The molecule has 3 nitrogen and oxygen atoms in total. The van der Waals surface area contributed by atoms with Gasteiger partial charge in [0.05, 0.1) is 6.61 Å². The van der Waals surface area contributed by atoms with Crippen molar-refractivity contribution in [1.82, 2.24) is 10.2 Å². The van der Waals surface area contributed by atoms with E-state index in [9.17, 15) is 0 Å². The number of nitrogens with one attached hydrogen (secondary N) is 1. The molecule has 0 amide bonds. The lowest BCUT2D eigenvalue weighted by atomic mass is 10.2. The lowest BCUT2D eigenvalue weighted by Crippen LogP contribution is -2.44. The highest BCUT2D eigenvalue weighted by Crippen LogP contribution is 2.29. The number of ether oxygens (including phenoxy) is 1. The summed E-state index contributed by atoms with van der Waals surface area (Å²) in [4.78, 5) is 2.56. The predicted molar refractivity (Wildman–Crippen MR) is 68.8 cm³/mol. The van der Waals surface area contributed by atoms with Crippen molar-refractivity contribution in [3.05, 3.63) is 0 Å². The van der Waals surface area contributed by atoms with E-state index < -0.39 is 0 Å². The van der Waals surface area contributed by atoms with Gasteiger partial charge in [-0.05, 0) is 38.3 Å². The zero-order chi connectivity index (χ0) is 11.8. The smallest absolute Gasteiger partial charge is 0.0628 e. The third kappa shape index (κ3) is 5.83. The molecule has 0 aromatic rings. The molecule has 0 aromatic heterocycles. The second kappa shape index (κ2) is 8.04. The molecule has 0 saturated heterocycles. The van der Waals surface area contributed by atoms with Gasteiger partial charge in [0.1, 0.15) is 0 Å². The summed E-state index contributed by atoms with van der Waals surface area (Å²) in [5, 5.41) is 3.56. The van der Waals surface area contributed by atoms with Crippen LogP contribution in [0, 0.1) is 5.92 Å². The maximum absolute atomic E-state index is 5.28. The molecule has 1 aliphatic carbocycles. The summed E-state index contributed by atoms with van der Waals surface area (Å²) in [7, 11) is 1.79. The first kappa shape index (κ1) is 13.9. The maximum atomic E-state index is 5.28. The molecule has 16 heavy (non-hydrogen) atoms. The van der Waals surface area contributed by atoms with Crippen molar-refractivity contribution in [3.63, 3.8) is 0 Å². The third-order valence-corrected chi connectivity index (χ3v) is 3.19. The highest BCUT2D eigenvalue weighted by Gasteiger charge is 2.24. The SMILES string of the molecule is CCCNC(COC)CN(CC)CC1CC1. The largest absolute Gasteiger partial charge is 0.383 e. The molecule has 1 aliphatic rings. The minimum absolute atomic E-state index is 0.489. The van der Waals surface area contributed by atoms with E-state index >= 15 is 0 Å². The number of likely N-dealkylation sites (N-methyl/N-ethyl adjacent to an activating group) is 1. The van der Waals surface area contributed by atoms with Crippen molar-refractivity contribution < 1.29 is 4.74 Å². The van der Waals surface area contributed by atoms with Gasteiger partial charge >= 0.3 is 0 Å². The third-order valence-electron chi connectivity index (χ3n) is 3.19. The van der Waals surface area contributed by atoms with E-state index in [1.807, 2.05) is 0 Å². The summed E-state index contributed by atoms with van der Waals surface area (Å²) in [6.45, 7) is 9.94. The van der Waals surface area contributed by atoms with Gasteiger partial charge in [0.2, 0.25) is 0 Å². The Balaban J connectivity index is 2.24. The van der Waals surface area contributed by atoms with Gasteiger partial charge < -0.3 is 15.0 Å². The Morgan fingerprint density at radius 3 is 2.62 bits per heavy atom. The average molecular weight is 228 g/mol. The first-order valence-corrected chi connectivity index (χ1v) is 6.74. The topological polar surface area (TPSA) is 24.5 Å². The zero-order valence-electron chi connectivity index (χ0n) is 11.2. The zero-order valence-corrected chi connectivity index (χ0v) is 11.2. The number of hydrogen-bond donors (Lipinski definition) is 1. The van der Waals surface area contributed by atoms with Crippen molar-refractivity contribution in [1.29, 1.82) is 0 Å². The molecule has 3 heteroatoms. The predicted octanol–water partition coefficient (Wildman–Crippen LogP) is 1.73. The molecule has 1 saturated carbocycles. The lowest BCUT2D eigenvalue weighted by Gasteiger charge is -2.26. The average Bonchev–Trinajstić information content (AvgIpc) is 3.09. The molecule has 1 unspecified atom stereocenters. The molecular weight excluding hydrogens is 200 g/mol. The fourth-order valence-corrected chi connectivity index (χ4v) is 2.04. The van der Waals surface area contributed by atoms with Gasteiger partial charge in [-0.2, -0.15) is 0 Å². The Labute approximate surface area is 101 Å². The summed E-state index contributed by atoms with van der Waals surface area (Å²) in [6.07, 6.45) is 4.07. The van der Waals surface area contributed by atoms with Crippen LogP contribution in [-0.2, 0) is 4.74 Å². The van der Waals surface area contributed by atoms with Gasteiger partial charge in [-0.1, -0.05) is 13.8 Å². The van der Waals surface area contributed by atoms with Gasteiger partial charge in [-0.3, -0.25) is 0 Å². The molecule has 1 rings (SSSR count). The van der Waals surface area contributed by atoms with Gasteiger partial charge in [0.25, 0.3) is 0 Å². The van der Waals surface area contributed by atoms with Crippen molar-refractivity contribution in [3.8, 4) is 0 Å². The molecule has 0 bridgehead atoms. The van der Waals surface area contributed by atoms with Crippen LogP contribution in [0.25, 0.3) is 0 Å². The first-order chi connectivity index (χ1) is 7.80. The summed E-state index contributed by atoms with van der Waals surface area (Å²) < 4.78 is 5.28. The minimum atomic E-state index is 0.489. The molecule has 0 spiro atoms. The molecule has 96 valence electrons. The van der Waals surface area contributed by atoms with Crippen LogP contribution >= 0.6 is 0 Å². The number of nitrogens with zero attached hydrogens (tertiary/aromatic N) is 1. The minimum Gasteiger partial charge on any atom is -0.383 e. The van der Waals surface area contributed by atoms with E-state index in [4.69, 9.17) is 4.74 Å². The van der Waals surface area contributed by atoms with Gasteiger partial charge in [0.15, 0.2) is 0 Å². The van der Waals surface area contributed by atoms with E-state index in [0.29, 0.717) is 6.04 Å². The highest BCUT2D eigenvalue weighted by atomic mass is 16.5. The molecular formula is C13H28N2O. The molecule has 0 aliphatic heterocycles. The first-order valence-electron chi connectivity index (χ1n) is 6.74. The van der Waals surface area contributed by atoms with E-state index in [2.05, 4.69) is 24.1 Å². The van der Waals surface area contributed by atoms with Crippen molar-refractivity contribution in [2.45, 2.75) is 39.2 Å². The van der Waals surface area contributed by atoms with Crippen LogP contribution in [0.3, 0.4) is 0 Å². The van der Waals surface area contributed by atoms with Gasteiger partial charge in [-0.25, -0.2) is 0 Å². The summed E-state index contributed by atoms with van der Waals surface area (Å²) in [5.41, 5.74) is 0. The fourth-order valence-electron chi connectivity index (χ4n) is 2.04. The Morgan fingerprint density at radius 1 is 1.38 bits per heavy atom. The van der Waals surface area contributed by atoms with Crippen LogP contribution in [-0.4, -0.2) is 50.8 Å². The molecule has 0 aromatic carbocycles. The number of methoxy groups -OCH3 is 1. The molecule has 0 heterocycles. The van der Waals surface area contributed by atoms with Gasteiger partial charge in [-0.15, -0.1) is 0 Å². The summed E-state index contributed by atoms with van der Waals surface area (Å²) in [6, 6.07) is 0.489. The van der Waals surface area contributed by atoms with Crippen LogP contribution < -0.4 is 5.32 Å². The second-order valence-electron chi connectivity index (χ2n) is 4.90. The molecule has 1 fully saturated rings. The molecule has 1 N–H and O–H groups in total.